The molecule has 1 unspecified atom stereocenters. The van der Waals surface area contributed by atoms with E-state index in [9.17, 15) is 4.79 Å². The minimum Gasteiger partial charge on any atom is -0.494 e. The third kappa shape index (κ3) is 3.08. The van der Waals surface area contributed by atoms with Crippen molar-refractivity contribution in [1.29, 1.82) is 0 Å². The number of ether oxygens (including phenoxy) is 1. The normalized spacial score (nSPS) is 12.1. The zero-order chi connectivity index (χ0) is 11.1. The van der Waals surface area contributed by atoms with E-state index in [1.165, 1.54) is 0 Å². The highest BCUT2D eigenvalue weighted by atomic mass is 16.5. The molecular formula is C13H17O2. The number of para-hydroxylation sites is 1. The van der Waals surface area contributed by atoms with Gasteiger partial charge in [-0.3, -0.25) is 0 Å². The lowest BCUT2D eigenvalue weighted by atomic mass is 9.95. The highest BCUT2D eigenvalue weighted by Crippen LogP contribution is 2.28. The summed E-state index contributed by atoms with van der Waals surface area (Å²) in [5.74, 6) is 0.718. The van der Waals surface area contributed by atoms with Gasteiger partial charge in [-0.15, -0.1) is 0 Å². The van der Waals surface area contributed by atoms with Gasteiger partial charge in [-0.05, 0) is 19.4 Å². The van der Waals surface area contributed by atoms with Crippen molar-refractivity contribution in [1.82, 2.24) is 0 Å². The second-order valence-electron chi connectivity index (χ2n) is 3.36. The molecule has 81 valence electrons. The Morgan fingerprint density at radius 3 is 2.80 bits per heavy atom. The smallest absolute Gasteiger partial charge is 0.127 e. The fourth-order valence-corrected chi connectivity index (χ4v) is 1.59. The zero-order valence-corrected chi connectivity index (χ0v) is 9.11. The molecule has 0 fully saturated rings. The van der Waals surface area contributed by atoms with E-state index in [4.69, 9.17) is 4.74 Å². The average Bonchev–Trinajstić information content (AvgIpc) is 2.27. The van der Waals surface area contributed by atoms with Crippen LogP contribution in [-0.4, -0.2) is 12.9 Å². The van der Waals surface area contributed by atoms with Crippen molar-refractivity contribution in [2.45, 2.75) is 25.7 Å². The monoisotopic (exact) mass is 205 g/mol. The molecule has 1 atom stereocenters. The summed E-state index contributed by atoms with van der Waals surface area (Å²) in [7, 11) is 0. The summed E-state index contributed by atoms with van der Waals surface area (Å²) in [4.78, 5) is 11.0. The molecule has 1 radical (unpaired) electrons. The van der Waals surface area contributed by atoms with Crippen LogP contribution >= 0.6 is 0 Å². The second-order valence-corrected chi connectivity index (χ2v) is 3.36. The van der Waals surface area contributed by atoms with Gasteiger partial charge < -0.3 is 9.53 Å². The van der Waals surface area contributed by atoms with Crippen LogP contribution in [0.25, 0.3) is 0 Å². The summed E-state index contributed by atoms with van der Waals surface area (Å²) in [6.45, 7) is 6.33. The van der Waals surface area contributed by atoms with Crippen molar-refractivity contribution in [2.75, 3.05) is 6.61 Å². The Morgan fingerprint density at radius 2 is 2.20 bits per heavy atom. The zero-order valence-electron chi connectivity index (χ0n) is 9.11. The summed E-state index contributed by atoms with van der Waals surface area (Å²) in [6, 6.07) is 7.69. The number of benzene rings is 1. The molecule has 0 N–H and O–H groups in total. The molecule has 1 aromatic rings. The van der Waals surface area contributed by atoms with Gasteiger partial charge in [-0.1, -0.05) is 31.5 Å². The van der Waals surface area contributed by atoms with Gasteiger partial charge in [0.25, 0.3) is 0 Å². The van der Waals surface area contributed by atoms with Crippen LogP contribution in [-0.2, 0) is 4.79 Å². The molecule has 2 nitrogen and oxygen atoms in total. The highest BCUT2D eigenvalue weighted by molar-refractivity contribution is 5.64. The molecule has 1 aromatic carbocycles. The quantitative estimate of drug-likeness (QED) is 0.667. The molecule has 0 bridgehead atoms. The molecular weight excluding hydrogens is 188 g/mol. The summed E-state index contributed by atoms with van der Waals surface area (Å²) in [6.07, 6.45) is 2.50. The molecule has 0 aliphatic rings. The lowest BCUT2D eigenvalue weighted by Gasteiger charge is -2.14. The minimum absolute atomic E-state index is 0.0924. The van der Waals surface area contributed by atoms with Crippen LogP contribution in [0.1, 0.15) is 31.2 Å². The fourth-order valence-electron chi connectivity index (χ4n) is 1.59. The fraction of sp³-hybridized carbons (Fsp3) is 0.385. The highest BCUT2D eigenvalue weighted by Gasteiger charge is 2.13. The number of rotatable bonds is 6. The second kappa shape index (κ2) is 6.23. The number of hydrogen-bond donors (Lipinski definition) is 0. The molecule has 0 aliphatic heterocycles. The van der Waals surface area contributed by atoms with E-state index >= 15 is 0 Å². The van der Waals surface area contributed by atoms with Gasteiger partial charge in [0.15, 0.2) is 0 Å². The lowest BCUT2D eigenvalue weighted by Crippen LogP contribution is -2.04. The maximum absolute atomic E-state index is 11.0. The molecule has 0 aromatic heterocycles. The Labute approximate surface area is 91.3 Å². The van der Waals surface area contributed by atoms with E-state index in [1.54, 1.807) is 0 Å². The maximum Gasteiger partial charge on any atom is 0.127 e. The number of carbonyl (C=O) groups excluding carboxylic acids is 1. The van der Waals surface area contributed by atoms with Gasteiger partial charge in [-0.2, -0.15) is 0 Å². The molecule has 0 amide bonds. The Hall–Kier alpha value is -1.31. The average molecular weight is 205 g/mol. The number of aldehydes is 1. The van der Waals surface area contributed by atoms with Crippen molar-refractivity contribution in [3.05, 3.63) is 36.8 Å². The van der Waals surface area contributed by atoms with E-state index in [1.807, 2.05) is 31.2 Å². The number of carbonyl (C=O) groups is 1. The molecule has 15 heavy (non-hydrogen) atoms. The third-order valence-corrected chi connectivity index (χ3v) is 2.30. The third-order valence-electron chi connectivity index (χ3n) is 2.30. The molecule has 0 heterocycles. The van der Waals surface area contributed by atoms with E-state index in [2.05, 4.69) is 6.92 Å². The van der Waals surface area contributed by atoms with E-state index in [0.29, 0.717) is 6.61 Å². The van der Waals surface area contributed by atoms with Gasteiger partial charge in [0.2, 0.25) is 0 Å². The first kappa shape index (κ1) is 11.8. The molecule has 0 spiro atoms. The van der Waals surface area contributed by atoms with Crippen molar-refractivity contribution in [3.63, 3.8) is 0 Å². The number of hydrogen-bond acceptors (Lipinski definition) is 2. The summed E-state index contributed by atoms with van der Waals surface area (Å²) >= 11 is 0. The van der Waals surface area contributed by atoms with E-state index in [-0.39, 0.29) is 5.92 Å². The first-order valence-electron chi connectivity index (χ1n) is 5.29. The molecule has 0 aliphatic carbocycles. The minimum atomic E-state index is -0.0924. The van der Waals surface area contributed by atoms with Crippen molar-refractivity contribution in [2.24, 2.45) is 0 Å². The Bertz CT molecular complexity index is 307. The SMILES string of the molecule is [CH2]CCC(C=O)c1ccccc1OCC. The van der Waals surface area contributed by atoms with Crippen LogP contribution in [0.4, 0.5) is 0 Å². The molecule has 0 saturated heterocycles. The van der Waals surface area contributed by atoms with E-state index < -0.39 is 0 Å². The topological polar surface area (TPSA) is 26.3 Å². The van der Waals surface area contributed by atoms with Gasteiger partial charge in [0.1, 0.15) is 12.0 Å². The van der Waals surface area contributed by atoms with Crippen LogP contribution in [0.15, 0.2) is 24.3 Å². The van der Waals surface area contributed by atoms with E-state index in [0.717, 1.165) is 30.4 Å². The first-order chi connectivity index (χ1) is 7.33. The maximum atomic E-state index is 11.0. The van der Waals surface area contributed by atoms with Crippen LogP contribution in [0, 0.1) is 6.92 Å². The summed E-state index contributed by atoms with van der Waals surface area (Å²) in [5, 5.41) is 0. The van der Waals surface area contributed by atoms with Crippen molar-refractivity contribution < 1.29 is 9.53 Å². The van der Waals surface area contributed by atoms with Gasteiger partial charge in [-0.25, -0.2) is 0 Å². The van der Waals surface area contributed by atoms with Crippen LogP contribution in [0.2, 0.25) is 0 Å². The Kier molecular flexibility index (Phi) is 4.88. The van der Waals surface area contributed by atoms with Crippen LogP contribution < -0.4 is 4.74 Å². The van der Waals surface area contributed by atoms with Gasteiger partial charge in [0, 0.05) is 11.5 Å². The first-order valence-corrected chi connectivity index (χ1v) is 5.29. The Morgan fingerprint density at radius 1 is 1.47 bits per heavy atom. The molecule has 2 heteroatoms. The molecule has 1 rings (SSSR count). The lowest BCUT2D eigenvalue weighted by molar-refractivity contribution is -0.109. The summed E-state index contributed by atoms with van der Waals surface area (Å²) < 4.78 is 5.49. The predicted octanol–water partition coefficient (Wildman–Crippen LogP) is 2.98. The van der Waals surface area contributed by atoms with Crippen LogP contribution in [0.3, 0.4) is 0 Å². The van der Waals surface area contributed by atoms with Gasteiger partial charge in [0.05, 0.1) is 6.61 Å². The van der Waals surface area contributed by atoms with Gasteiger partial charge >= 0.3 is 0 Å². The summed E-state index contributed by atoms with van der Waals surface area (Å²) in [5.41, 5.74) is 0.970. The van der Waals surface area contributed by atoms with Crippen molar-refractivity contribution >= 4 is 6.29 Å². The molecule has 0 saturated carbocycles. The Balaban J connectivity index is 2.93. The van der Waals surface area contributed by atoms with Crippen molar-refractivity contribution in [3.8, 4) is 5.75 Å². The predicted molar refractivity (Wildman–Crippen MR) is 61.0 cm³/mol. The largest absolute Gasteiger partial charge is 0.494 e. The standard InChI is InChI=1S/C13H17O2/c1-3-7-11(10-14)12-8-5-6-9-13(12)15-4-2/h5-6,8-11H,1,3-4,7H2,2H3. The van der Waals surface area contributed by atoms with Crippen LogP contribution in [0.5, 0.6) is 5.75 Å².